The van der Waals surface area contributed by atoms with Gasteiger partial charge in [-0.05, 0) is 43.2 Å². The van der Waals surface area contributed by atoms with E-state index < -0.39 is 0 Å². The Morgan fingerprint density at radius 2 is 2.21 bits per heavy atom. The van der Waals surface area contributed by atoms with Crippen molar-refractivity contribution in [1.29, 1.82) is 0 Å². The van der Waals surface area contributed by atoms with Crippen LogP contribution in [0.5, 0.6) is 0 Å². The number of likely N-dealkylation sites (tertiary alicyclic amines) is 1. The van der Waals surface area contributed by atoms with Crippen LogP contribution < -0.4 is 0 Å². The van der Waals surface area contributed by atoms with E-state index in [1.54, 1.807) is 0 Å². The highest BCUT2D eigenvalue weighted by Crippen LogP contribution is 2.19. The van der Waals surface area contributed by atoms with E-state index in [9.17, 15) is 4.79 Å². The number of hydrogen-bond donors (Lipinski definition) is 0. The van der Waals surface area contributed by atoms with E-state index in [1.165, 1.54) is 11.1 Å². The third-order valence-electron chi connectivity index (χ3n) is 3.96. The summed E-state index contributed by atoms with van der Waals surface area (Å²) in [6.45, 7) is 3.85. The molecule has 2 rings (SSSR count). The SMILES string of the molecule is Cc1ccccc1CCC(=O)N1CCCC(CCl)C1. The molecule has 1 aromatic rings. The van der Waals surface area contributed by atoms with Crippen LogP contribution >= 0.6 is 11.6 Å². The smallest absolute Gasteiger partial charge is 0.222 e. The first kappa shape index (κ1) is 14.4. The van der Waals surface area contributed by atoms with Crippen LogP contribution in [0.15, 0.2) is 24.3 Å². The average molecular weight is 280 g/mol. The molecule has 1 saturated heterocycles. The van der Waals surface area contributed by atoms with Gasteiger partial charge in [-0.25, -0.2) is 0 Å². The molecule has 1 atom stereocenters. The monoisotopic (exact) mass is 279 g/mol. The predicted molar refractivity (Wildman–Crippen MR) is 79.5 cm³/mol. The minimum Gasteiger partial charge on any atom is -0.342 e. The fraction of sp³-hybridized carbons (Fsp3) is 0.562. The van der Waals surface area contributed by atoms with Gasteiger partial charge in [-0.3, -0.25) is 4.79 Å². The second-order valence-corrected chi connectivity index (χ2v) is 5.74. The van der Waals surface area contributed by atoms with E-state index >= 15 is 0 Å². The van der Waals surface area contributed by atoms with E-state index in [0.29, 0.717) is 18.2 Å². The molecule has 1 aromatic carbocycles. The zero-order valence-corrected chi connectivity index (χ0v) is 12.3. The summed E-state index contributed by atoms with van der Waals surface area (Å²) in [5.74, 6) is 1.43. The van der Waals surface area contributed by atoms with Gasteiger partial charge in [0.2, 0.25) is 5.91 Å². The van der Waals surface area contributed by atoms with Gasteiger partial charge in [0.05, 0.1) is 0 Å². The second kappa shape index (κ2) is 6.95. The minimum atomic E-state index is 0.276. The van der Waals surface area contributed by atoms with Crippen molar-refractivity contribution < 1.29 is 4.79 Å². The van der Waals surface area contributed by atoms with E-state index in [2.05, 4.69) is 19.1 Å². The summed E-state index contributed by atoms with van der Waals surface area (Å²) in [5, 5.41) is 0. The van der Waals surface area contributed by atoms with E-state index in [-0.39, 0.29) is 5.91 Å². The zero-order chi connectivity index (χ0) is 13.7. The van der Waals surface area contributed by atoms with Gasteiger partial charge in [0, 0.05) is 25.4 Å². The number of aryl methyl sites for hydroxylation is 2. The van der Waals surface area contributed by atoms with Gasteiger partial charge in [0.25, 0.3) is 0 Å². The van der Waals surface area contributed by atoms with Crippen molar-refractivity contribution in [1.82, 2.24) is 4.90 Å². The summed E-state index contributed by atoms with van der Waals surface area (Å²) in [4.78, 5) is 14.2. The van der Waals surface area contributed by atoms with Crippen molar-refractivity contribution >= 4 is 17.5 Å². The van der Waals surface area contributed by atoms with Crippen LogP contribution in [0.25, 0.3) is 0 Å². The van der Waals surface area contributed by atoms with Crippen molar-refractivity contribution in [2.45, 2.75) is 32.6 Å². The molecule has 0 bridgehead atoms. The van der Waals surface area contributed by atoms with Crippen LogP contribution in [0.3, 0.4) is 0 Å². The number of carbonyl (C=O) groups is 1. The molecule has 0 aliphatic carbocycles. The first-order chi connectivity index (χ1) is 9.20. The lowest BCUT2D eigenvalue weighted by atomic mass is 9.99. The second-order valence-electron chi connectivity index (χ2n) is 5.43. The number of piperidine rings is 1. The van der Waals surface area contributed by atoms with Crippen LogP contribution in [0, 0.1) is 12.8 Å². The molecule has 0 radical (unpaired) electrons. The molecule has 2 nitrogen and oxygen atoms in total. The highest BCUT2D eigenvalue weighted by atomic mass is 35.5. The molecule has 0 N–H and O–H groups in total. The van der Waals surface area contributed by atoms with Crippen LogP contribution in [0.1, 0.15) is 30.4 Å². The first-order valence-electron chi connectivity index (χ1n) is 7.09. The number of hydrogen-bond acceptors (Lipinski definition) is 1. The zero-order valence-electron chi connectivity index (χ0n) is 11.6. The Balaban J connectivity index is 1.86. The van der Waals surface area contributed by atoms with Crippen LogP contribution in [0.4, 0.5) is 0 Å². The molecule has 0 aromatic heterocycles. The Kier molecular flexibility index (Phi) is 5.26. The molecular formula is C16H22ClNO. The van der Waals surface area contributed by atoms with Gasteiger partial charge in [-0.1, -0.05) is 24.3 Å². The largest absolute Gasteiger partial charge is 0.342 e. The number of amides is 1. The van der Waals surface area contributed by atoms with Crippen molar-refractivity contribution in [3.05, 3.63) is 35.4 Å². The van der Waals surface area contributed by atoms with Crippen molar-refractivity contribution in [3.63, 3.8) is 0 Å². The lowest BCUT2D eigenvalue weighted by Crippen LogP contribution is -2.40. The quantitative estimate of drug-likeness (QED) is 0.774. The maximum Gasteiger partial charge on any atom is 0.222 e. The first-order valence-corrected chi connectivity index (χ1v) is 7.62. The third kappa shape index (κ3) is 3.97. The molecule has 1 aliphatic heterocycles. The number of nitrogens with zero attached hydrogens (tertiary/aromatic N) is 1. The standard InChI is InChI=1S/C16H22ClNO/c1-13-5-2-3-7-15(13)8-9-16(19)18-10-4-6-14(11-17)12-18/h2-3,5,7,14H,4,6,8-12H2,1H3. The number of alkyl halides is 1. The highest BCUT2D eigenvalue weighted by Gasteiger charge is 2.22. The molecule has 1 fully saturated rings. The van der Waals surface area contributed by atoms with E-state index in [4.69, 9.17) is 11.6 Å². The number of halogens is 1. The Morgan fingerprint density at radius 3 is 2.95 bits per heavy atom. The Labute approximate surface area is 120 Å². The van der Waals surface area contributed by atoms with Crippen LogP contribution in [0.2, 0.25) is 0 Å². The molecule has 0 spiro atoms. The van der Waals surface area contributed by atoms with Crippen molar-refractivity contribution in [2.24, 2.45) is 5.92 Å². The number of rotatable bonds is 4. The summed E-state index contributed by atoms with van der Waals surface area (Å²) in [7, 11) is 0. The maximum absolute atomic E-state index is 12.2. The van der Waals surface area contributed by atoms with Crippen molar-refractivity contribution in [2.75, 3.05) is 19.0 Å². The minimum absolute atomic E-state index is 0.276. The van der Waals surface area contributed by atoms with Gasteiger partial charge < -0.3 is 4.90 Å². The number of carbonyl (C=O) groups excluding carboxylic acids is 1. The predicted octanol–water partition coefficient (Wildman–Crippen LogP) is 3.41. The lowest BCUT2D eigenvalue weighted by molar-refractivity contribution is -0.132. The Hall–Kier alpha value is -1.02. The number of benzene rings is 1. The fourth-order valence-corrected chi connectivity index (χ4v) is 2.96. The van der Waals surface area contributed by atoms with Gasteiger partial charge >= 0.3 is 0 Å². The summed E-state index contributed by atoms with van der Waals surface area (Å²) < 4.78 is 0. The maximum atomic E-state index is 12.2. The topological polar surface area (TPSA) is 20.3 Å². The summed E-state index contributed by atoms with van der Waals surface area (Å²) in [5.41, 5.74) is 2.55. The molecule has 1 amide bonds. The normalized spacial score (nSPS) is 19.5. The van der Waals surface area contributed by atoms with Gasteiger partial charge in [0.15, 0.2) is 0 Å². The fourth-order valence-electron chi connectivity index (χ4n) is 2.71. The lowest BCUT2D eigenvalue weighted by Gasteiger charge is -2.32. The molecule has 1 aliphatic rings. The average Bonchev–Trinajstić information content (AvgIpc) is 2.46. The molecule has 3 heteroatoms. The molecule has 1 heterocycles. The summed E-state index contributed by atoms with van der Waals surface area (Å²) in [6, 6.07) is 8.29. The van der Waals surface area contributed by atoms with Crippen molar-refractivity contribution in [3.8, 4) is 0 Å². The van der Waals surface area contributed by atoms with Gasteiger partial charge in [-0.15, -0.1) is 11.6 Å². The van der Waals surface area contributed by atoms with Crippen LogP contribution in [-0.2, 0) is 11.2 Å². The molecule has 19 heavy (non-hydrogen) atoms. The summed E-state index contributed by atoms with van der Waals surface area (Å²) in [6.07, 6.45) is 3.70. The van der Waals surface area contributed by atoms with Gasteiger partial charge in [-0.2, -0.15) is 0 Å². The molecule has 104 valence electrons. The van der Waals surface area contributed by atoms with Crippen LogP contribution in [-0.4, -0.2) is 29.8 Å². The van der Waals surface area contributed by atoms with E-state index in [1.807, 2.05) is 17.0 Å². The third-order valence-corrected chi connectivity index (χ3v) is 4.40. The summed E-state index contributed by atoms with van der Waals surface area (Å²) >= 11 is 5.91. The molecular weight excluding hydrogens is 258 g/mol. The van der Waals surface area contributed by atoms with E-state index in [0.717, 1.165) is 32.4 Å². The Bertz CT molecular complexity index is 433. The Morgan fingerprint density at radius 1 is 1.42 bits per heavy atom. The highest BCUT2D eigenvalue weighted by molar-refractivity contribution is 6.18. The molecule has 0 saturated carbocycles. The van der Waals surface area contributed by atoms with Gasteiger partial charge in [0.1, 0.15) is 0 Å². The molecule has 1 unspecified atom stereocenters.